The minimum absolute atomic E-state index is 0.262. The van der Waals surface area contributed by atoms with E-state index in [0.29, 0.717) is 5.02 Å². The zero-order valence-electron chi connectivity index (χ0n) is 9.07. The summed E-state index contributed by atoms with van der Waals surface area (Å²) in [6.07, 6.45) is 0.981. The number of phenols is 1. The molecule has 2 rings (SSSR count). The molecule has 0 saturated heterocycles. The Labute approximate surface area is 100 Å². The lowest BCUT2D eigenvalue weighted by atomic mass is 10.0. The van der Waals surface area contributed by atoms with Crippen LogP contribution in [-0.4, -0.2) is 5.11 Å². The van der Waals surface area contributed by atoms with Gasteiger partial charge in [0.05, 0.1) is 0 Å². The van der Waals surface area contributed by atoms with Gasteiger partial charge in [0, 0.05) is 10.6 Å². The number of rotatable bonds is 2. The van der Waals surface area contributed by atoms with Gasteiger partial charge in [-0.15, -0.1) is 0 Å². The van der Waals surface area contributed by atoms with Crippen molar-refractivity contribution in [2.45, 2.75) is 13.3 Å². The van der Waals surface area contributed by atoms with Gasteiger partial charge in [-0.3, -0.25) is 0 Å². The van der Waals surface area contributed by atoms with Crippen molar-refractivity contribution in [3.63, 3.8) is 0 Å². The highest BCUT2D eigenvalue weighted by Crippen LogP contribution is 2.31. The van der Waals surface area contributed by atoms with Crippen molar-refractivity contribution in [3.8, 4) is 16.9 Å². The van der Waals surface area contributed by atoms with E-state index in [1.54, 1.807) is 18.2 Å². The van der Waals surface area contributed by atoms with Crippen LogP contribution >= 0.6 is 11.6 Å². The zero-order chi connectivity index (χ0) is 11.5. The molecule has 16 heavy (non-hydrogen) atoms. The van der Waals surface area contributed by atoms with Crippen LogP contribution in [0.5, 0.6) is 5.75 Å². The Morgan fingerprint density at radius 1 is 1.12 bits per heavy atom. The van der Waals surface area contributed by atoms with Crippen LogP contribution in [0.1, 0.15) is 12.5 Å². The summed E-state index contributed by atoms with van der Waals surface area (Å²) in [4.78, 5) is 0. The van der Waals surface area contributed by atoms with Crippen LogP contribution in [0.15, 0.2) is 42.5 Å². The molecule has 2 aromatic carbocycles. The van der Waals surface area contributed by atoms with Crippen molar-refractivity contribution in [1.82, 2.24) is 0 Å². The Morgan fingerprint density at radius 3 is 2.69 bits per heavy atom. The van der Waals surface area contributed by atoms with E-state index in [9.17, 15) is 5.11 Å². The molecule has 0 aliphatic rings. The standard InChI is InChI=1S/C14H13ClO/c1-2-10-4-3-5-11(8-10)13-9-12(15)6-7-14(13)16/h3-9,16H,2H2,1H3. The Hall–Kier alpha value is -1.47. The van der Waals surface area contributed by atoms with E-state index in [1.165, 1.54) is 5.56 Å². The highest BCUT2D eigenvalue weighted by molar-refractivity contribution is 6.31. The van der Waals surface area contributed by atoms with E-state index in [1.807, 2.05) is 12.1 Å². The maximum Gasteiger partial charge on any atom is 0.123 e. The molecular formula is C14H13ClO. The predicted molar refractivity (Wildman–Crippen MR) is 67.9 cm³/mol. The zero-order valence-corrected chi connectivity index (χ0v) is 9.83. The van der Waals surface area contributed by atoms with E-state index in [2.05, 4.69) is 19.1 Å². The first-order valence-corrected chi connectivity index (χ1v) is 5.66. The predicted octanol–water partition coefficient (Wildman–Crippen LogP) is 4.28. The van der Waals surface area contributed by atoms with Gasteiger partial charge in [-0.1, -0.05) is 42.8 Å². The van der Waals surface area contributed by atoms with Gasteiger partial charge < -0.3 is 5.11 Å². The largest absolute Gasteiger partial charge is 0.507 e. The molecule has 0 aliphatic carbocycles. The first-order valence-electron chi connectivity index (χ1n) is 5.28. The number of aryl methyl sites for hydroxylation is 1. The van der Waals surface area contributed by atoms with E-state index < -0.39 is 0 Å². The average molecular weight is 233 g/mol. The molecule has 0 spiro atoms. The summed E-state index contributed by atoms with van der Waals surface area (Å²) in [5, 5.41) is 10.4. The van der Waals surface area contributed by atoms with Crippen LogP contribution in [0.4, 0.5) is 0 Å². The first-order chi connectivity index (χ1) is 7.70. The quantitative estimate of drug-likeness (QED) is 0.820. The summed E-state index contributed by atoms with van der Waals surface area (Å²) in [6, 6.07) is 13.2. The molecule has 1 nitrogen and oxygen atoms in total. The second-order valence-corrected chi connectivity index (χ2v) is 4.15. The van der Waals surface area contributed by atoms with E-state index in [4.69, 9.17) is 11.6 Å². The molecule has 0 amide bonds. The van der Waals surface area contributed by atoms with Crippen molar-refractivity contribution in [2.24, 2.45) is 0 Å². The lowest BCUT2D eigenvalue weighted by molar-refractivity contribution is 0.477. The summed E-state index contributed by atoms with van der Waals surface area (Å²) < 4.78 is 0. The fraction of sp³-hybridized carbons (Fsp3) is 0.143. The lowest BCUT2D eigenvalue weighted by Gasteiger charge is -2.06. The van der Waals surface area contributed by atoms with Crippen LogP contribution < -0.4 is 0 Å². The minimum atomic E-state index is 0.262. The second-order valence-electron chi connectivity index (χ2n) is 3.72. The molecule has 0 fully saturated rings. The molecule has 2 heteroatoms. The number of aromatic hydroxyl groups is 1. The van der Waals surface area contributed by atoms with Crippen molar-refractivity contribution >= 4 is 11.6 Å². The van der Waals surface area contributed by atoms with Gasteiger partial charge in [-0.2, -0.15) is 0 Å². The Bertz CT molecular complexity index is 506. The number of hydrogen-bond donors (Lipinski definition) is 1. The lowest BCUT2D eigenvalue weighted by Crippen LogP contribution is -1.83. The topological polar surface area (TPSA) is 20.2 Å². The molecule has 2 aromatic rings. The molecule has 0 unspecified atom stereocenters. The Balaban J connectivity index is 2.53. The molecule has 0 bridgehead atoms. The normalized spacial score (nSPS) is 10.4. The third-order valence-corrected chi connectivity index (χ3v) is 2.84. The smallest absolute Gasteiger partial charge is 0.123 e. The van der Waals surface area contributed by atoms with Crippen LogP contribution in [0, 0.1) is 0 Å². The average Bonchev–Trinajstić information content (AvgIpc) is 2.32. The summed E-state index contributed by atoms with van der Waals surface area (Å²) in [7, 11) is 0. The van der Waals surface area contributed by atoms with Crippen molar-refractivity contribution < 1.29 is 5.11 Å². The van der Waals surface area contributed by atoms with E-state index in [-0.39, 0.29) is 5.75 Å². The van der Waals surface area contributed by atoms with E-state index >= 15 is 0 Å². The maximum absolute atomic E-state index is 9.79. The minimum Gasteiger partial charge on any atom is -0.507 e. The Morgan fingerprint density at radius 2 is 1.94 bits per heavy atom. The van der Waals surface area contributed by atoms with Gasteiger partial charge >= 0.3 is 0 Å². The van der Waals surface area contributed by atoms with Gasteiger partial charge in [-0.25, -0.2) is 0 Å². The highest BCUT2D eigenvalue weighted by Gasteiger charge is 2.05. The van der Waals surface area contributed by atoms with Crippen molar-refractivity contribution in [1.29, 1.82) is 0 Å². The summed E-state index contributed by atoms with van der Waals surface area (Å²) in [5.74, 6) is 0.262. The fourth-order valence-electron chi connectivity index (χ4n) is 1.70. The highest BCUT2D eigenvalue weighted by atomic mass is 35.5. The van der Waals surface area contributed by atoms with Crippen molar-refractivity contribution in [2.75, 3.05) is 0 Å². The van der Waals surface area contributed by atoms with Crippen LogP contribution in [-0.2, 0) is 6.42 Å². The molecule has 0 atom stereocenters. The van der Waals surface area contributed by atoms with Gasteiger partial charge in [0.2, 0.25) is 0 Å². The molecule has 82 valence electrons. The van der Waals surface area contributed by atoms with Crippen molar-refractivity contribution in [3.05, 3.63) is 53.1 Å². The summed E-state index contributed by atoms with van der Waals surface area (Å²) in [5.41, 5.74) is 3.03. The second kappa shape index (κ2) is 4.58. The number of phenolic OH excluding ortho intramolecular Hbond substituents is 1. The monoisotopic (exact) mass is 232 g/mol. The molecule has 0 saturated carbocycles. The van der Waals surface area contributed by atoms with Gasteiger partial charge in [0.25, 0.3) is 0 Å². The fourth-order valence-corrected chi connectivity index (χ4v) is 1.87. The van der Waals surface area contributed by atoms with Crippen LogP contribution in [0.25, 0.3) is 11.1 Å². The number of halogens is 1. The van der Waals surface area contributed by atoms with E-state index in [0.717, 1.165) is 17.5 Å². The molecule has 1 N–H and O–H groups in total. The van der Waals surface area contributed by atoms with Crippen LogP contribution in [0.2, 0.25) is 5.02 Å². The summed E-state index contributed by atoms with van der Waals surface area (Å²) in [6.45, 7) is 2.11. The van der Waals surface area contributed by atoms with Crippen LogP contribution in [0.3, 0.4) is 0 Å². The third kappa shape index (κ3) is 2.20. The van der Waals surface area contributed by atoms with Gasteiger partial charge in [0.15, 0.2) is 0 Å². The SMILES string of the molecule is CCc1cccc(-c2cc(Cl)ccc2O)c1. The first kappa shape index (κ1) is 11.0. The van der Waals surface area contributed by atoms with Gasteiger partial charge in [-0.05, 0) is 35.7 Å². The maximum atomic E-state index is 9.79. The Kier molecular flexibility index (Phi) is 3.16. The third-order valence-electron chi connectivity index (χ3n) is 2.60. The molecule has 0 heterocycles. The summed E-state index contributed by atoms with van der Waals surface area (Å²) >= 11 is 5.93. The number of hydrogen-bond acceptors (Lipinski definition) is 1. The molecule has 0 radical (unpaired) electrons. The number of benzene rings is 2. The van der Waals surface area contributed by atoms with Gasteiger partial charge in [0.1, 0.15) is 5.75 Å². The molecular weight excluding hydrogens is 220 g/mol. The molecule has 0 aliphatic heterocycles. The molecule has 0 aromatic heterocycles.